The number of nitrogens with one attached hydrogen (secondary N) is 1. The van der Waals surface area contributed by atoms with Gasteiger partial charge in [-0.1, -0.05) is 84.1 Å². The predicted molar refractivity (Wildman–Crippen MR) is 130 cm³/mol. The van der Waals surface area contributed by atoms with E-state index < -0.39 is 0 Å². The van der Waals surface area contributed by atoms with E-state index in [1.54, 1.807) is 6.92 Å². The standard InChI is InChI=1S/C27H24N2O2S/c1-19-25(24(30)17-14-20-8-4-2-5-9-20)32-27(28-19)29-26(31)23-15-12-22(13-16-23)18-21-10-6-3-7-11-21/h2-13,15-16H,14,17-18H2,1H3,(H,28,29,31). The van der Waals surface area contributed by atoms with Gasteiger partial charge in [0.15, 0.2) is 10.9 Å². The average Bonchev–Trinajstić information content (AvgIpc) is 3.19. The molecule has 0 bridgehead atoms. The van der Waals surface area contributed by atoms with Crippen molar-refractivity contribution in [1.29, 1.82) is 0 Å². The molecule has 0 aliphatic heterocycles. The molecular formula is C27H24N2O2S. The first-order valence-corrected chi connectivity index (χ1v) is 11.4. The molecule has 160 valence electrons. The SMILES string of the molecule is Cc1nc(NC(=O)c2ccc(Cc3ccccc3)cc2)sc1C(=O)CCc1ccccc1. The van der Waals surface area contributed by atoms with Crippen molar-refractivity contribution in [3.63, 3.8) is 0 Å². The zero-order valence-electron chi connectivity index (χ0n) is 17.9. The van der Waals surface area contributed by atoms with Gasteiger partial charge in [-0.2, -0.15) is 0 Å². The topological polar surface area (TPSA) is 59.1 Å². The molecule has 32 heavy (non-hydrogen) atoms. The lowest BCUT2D eigenvalue weighted by molar-refractivity contribution is 0.0984. The molecule has 5 heteroatoms. The van der Waals surface area contributed by atoms with Gasteiger partial charge in [-0.15, -0.1) is 0 Å². The summed E-state index contributed by atoms with van der Waals surface area (Å²) in [6.07, 6.45) is 1.93. The third kappa shape index (κ3) is 5.56. The summed E-state index contributed by atoms with van der Waals surface area (Å²) in [7, 11) is 0. The smallest absolute Gasteiger partial charge is 0.257 e. The quantitative estimate of drug-likeness (QED) is 0.336. The van der Waals surface area contributed by atoms with Crippen molar-refractivity contribution in [3.8, 4) is 0 Å². The van der Waals surface area contributed by atoms with Crippen LogP contribution < -0.4 is 5.32 Å². The van der Waals surface area contributed by atoms with Gasteiger partial charge >= 0.3 is 0 Å². The van der Waals surface area contributed by atoms with Crippen molar-refractivity contribution in [3.05, 3.63) is 118 Å². The van der Waals surface area contributed by atoms with Gasteiger partial charge in [0, 0.05) is 12.0 Å². The fourth-order valence-corrected chi connectivity index (χ4v) is 4.43. The maximum Gasteiger partial charge on any atom is 0.257 e. The normalized spacial score (nSPS) is 10.7. The molecule has 3 aromatic carbocycles. The third-order valence-electron chi connectivity index (χ3n) is 5.22. The highest BCUT2D eigenvalue weighted by Crippen LogP contribution is 2.25. The minimum atomic E-state index is -0.228. The van der Waals surface area contributed by atoms with E-state index >= 15 is 0 Å². The molecule has 1 amide bonds. The lowest BCUT2D eigenvalue weighted by Gasteiger charge is -2.05. The number of ketones is 1. The number of carbonyl (C=O) groups is 2. The Balaban J connectivity index is 1.36. The lowest BCUT2D eigenvalue weighted by atomic mass is 10.0. The van der Waals surface area contributed by atoms with Crippen LogP contribution in [-0.2, 0) is 12.8 Å². The molecule has 0 aliphatic rings. The second-order valence-electron chi connectivity index (χ2n) is 7.66. The monoisotopic (exact) mass is 440 g/mol. The first-order valence-electron chi connectivity index (χ1n) is 10.6. The third-order valence-corrected chi connectivity index (χ3v) is 6.33. The summed E-state index contributed by atoms with van der Waals surface area (Å²) in [4.78, 5) is 30.3. The second kappa shape index (κ2) is 10.2. The number of thiazole rings is 1. The van der Waals surface area contributed by atoms with Crippen molar-refractivity contribution in [1.82, 2.24) is 4.98 Å². The molecule has 4 rings (SSSR count). The van der Waals surface area contributed by atoms with Crippen molar-refractivity contribution >= 4 is 28.2 Å². The van der Waals surface area contributed by atoms with Gasteiger partial charge in [0.2, 0.25) is 0 Å². The van der Waals surface area contributed by atoms with Gasteiger partial charge in [0.1, 0.15) is 0 Å². The van der Waals surface area contributed by atoms with Crippen LogP contribution >= 0.6 is 11.3 Å². The van der Waals surface area contributed by atoms with Crippen molar-refractivity contribution in [2.75, 3.05) is 5.32 Å². The summed E-state index contributed by atoms with van der Waals surface area (Å²) in [6.45, 7) is 1.81. The van der Waals surface area contributed by atoms with Crippen LogP contribution in [-0.4, -0.2) is 16.7 Å². The summed E-state index contributed by atoms with van der Waals surface area (Å²) in [5.74, 6) is -0.178. The molecular weight excluding hydrogens is 416 g/mol. The minimum absolute atomic E-state index is 0.0506. The molecule has 1 N–H and O–H groups in total. The van der Waals surface area contributed by atoms with Gasteiger partial charge in [-0.25, -0.2) is 4.98 Å². The van der Waals surface area contributed by atoms with E-state index in [0.29, 0.717) is 34.1 Å². The first-order chi connectivity index (χ1) is 15.6. The van der Waals surface area contributed by atoms with Crippen molar-refractivity contribution < 1.29 is 9.59 Å². The summed E-state index contributed by atoms with van der Waals surface area (Å²) in [5.41, 5.74) is 4.72. The Morgan fingerprint density at radius 1 is 0.812 bits per heavy atom. The van der Waals surface area contributed by atoms with Gasteiger partial charge in [-0.05, 0) is 48.6 Å². The van der Waals surface area contributed by atoms with Crippen LogP contribution in [0.25, 0.3) is 0 Å². The summed E-state index contributed by atoms with van der Waals surface area (Å²) >= 11 is 1.24. The van der Waals surface area contributed by atoms with Gasteiger partial charge in [-0.3, -0.25) is 14.9 Å². The zero-order valence-corrected chi connectivity index (χ0v) is 18.7. The van der Waals surface area contributed by atoms with Gasteiger partial charge < -0.3 is 0 Å². The molecule has 4 nitrogen and oxygen atoms in total. The largest absolute Gasteiger partial charge is 0.298 e. The molecule has 1 aromatic heterocycles. The Hall–Kier alpha value is -3.57. The Bertz CT molecular complexity index is 1200. The molecule has 0 saturated carbocycles. The highest BCUT2D eigenvalue weighted by atomic mass is 32.1. The van der Waals surface area contributed by atoms with Crippen LogP contribution in [0, 0.1) is 6.92 Å². The van der Waals surface area contributed by atoms with E-state index in [1.165, 1.54) is 16.9 Å². The Morgan fingerprint density at radius 2 is 1.41 bits per heavy atom. The van der Waals surface area contributed by atoms with Crippen LogP contribution in [0.2, 0.25) is 0 Å². The fourth-order valence-electron chi connectivity index (χ4n) is 3.50. The second-order valence-corrected chi connectivity index (χ2v) is 8.65. The van der Waals surface area contributed by atoms with Crippen molar-refractivity contribution in [2.45, 2.75) is 26.2 Å². The molecule has 0 radical (unpaired) electrons. The number of aryl methyl sites for hydroxylation is 2. The predicted octanol–water partition coefficient (Wildman–Crippen LogP) is 6.11. The van der Waals surface area contributed by atoms with Crippen LogP contribution in [0.3, 0.4) is 0 Å². The molecule has 0 atom stereocenters. The van der Waals surface area contributed by atoms with E-state index in [4.69, 9.17) is 0 Å². The molecule has 0 unspecified atom stereocenters. The van der Waals surface area contributed by atoms with E-state index in [9.17, 15) is 9.59 Å². The molecule has 0 aliphatic carbocycles. The number of anilines is 1. The molecule has 0 spiro atoms. The molecule has 4 aromatic rings. The van der Waals surface area contributed by atoms with Crippen LogP contribution in [0.4, 0.5) is 5.13 Å². The number of benzene rings is 3. The highest BCUT2D eigenvalue weighted by Gasteiger charge is 2.17. The number of nitrogens with zero attached hydrogens (tertiary/aromatic N) is 1. The number of Topliss-reactive ketones (excluding diaryl/α,β-unsaturated/α-hetero) is 1. The van der Waals surface area contributed by atoms with Crippen molar-refractivity contribution in [2.24, 2.45) is 0 Å². The number of aromatic nitrogens is 1. The first kappa shape index (κ1) is 21.7. The molecule has 0 saturated heterocycles. The van der Waals surface area contributed by atoms with Crippen LogP contribution in [0.5, 0.6) is 0 Å². The maximum atomic E-state index is 12.7. The number of hydrogen-bond donors (Lipinski definition) is 1. The maximum absolute atomic E-state index is 12.7. The highest BCUT2D eigenvalue weighted by molar-refractivity contribution is 7.17. The number of hydrogen-bond acceptors (Lipinski definition) is 4. The minimum Gasteiger partial charge on any atom is -0.298 e. The van der Waals surface area contributed by atoms with Crippen LogP contribution in [0.1, 0.15) is 48.8 Å². The number of amides is 1. The van der Waals surface area contributed by atoms with E-state index in [-0.39, 0.29) is 11.7 Å². The molecule has 1 heterocycles. The summed E-state index contributed by atoms with van der Waals surface area (Å²) < 4.78 is 0. The number of rotatable bonds is 8. The van der Waals surface area contributed by atoms with E-state index in [2.05, 4.69) is 22.4 Å². The zero-order chi connectivity index (χ0) is 22.3. The summed E-state index contributed by atoms with van der Waals surface area (Å²) in [5, 5.41) is 3.28. The van der Waals surface area contributed by atoms with E-state index in [1.807, 2.05) is 72.8 Å². The van der Waals surface area contributed by atoms with Gasteiger partial charge in [0.25, 0.3) is 5.91 Å². The Kier molecular flexibility index (Phi) is 6.87. The average molecular weight is 441 g/mol. The Labute approximate surface area is 192 Å². The lowest BCUT2D eigenvalue weighted by Crippen LogP contribution is -2.11. The van der Waals surface area contributed by atoms with Crippen LogP contribution in [0.15, 0.2) is 84.9 Å². The summed E-state index contributed by atoms with van der Waals surface area (Å²) in [6, 6.07) is 27.7. The molecule has 0 fully saturated rings. The number of carbonyl (C=O) groups excluding carboxylic acids is 2. The fraction of sp³-hybridized carbons (Fsp3) is 0.148. The van der Waals surface area contributed by atoms with E-state index in [0.717, 1.165) is 17.5 Å². The Morgan fingerprint density at radius 3 is 2.06 bits per heavy atom. The van der Waals surface area contributed by atoms with Gasteiger partial charge in [0.05, 0.1) is 10.6 Å².